The highest BCUT2D eigenvalue weighted by atomic mass is 35.5. The van der Waals surface area contributed by atoms with Crippen molar-refractivity contribution in [2.45, 2.75) is 34.2 Å². The number of carbonyl (C=O) groups excluding carboxylic acids is 2. The highest BCUT2D eigenvalue weighted by molar-refractivity contribution is 6.30. The number of amides is 1. The van der Waals surface area contributed by atoms with Crippen molar-refractivity contribution in [3.05, 3.63) is 34.9 Å². The summed E-state index contributed by atoms with van der Waals surface area (Å²) >= 11 is 5.89. The third-order valence-corrected chi connectivity index (χ3v) is 3.57. The molecule has 0 aliphatic carbocycles. The van der Waals surface area contributed by atoms with Crippen molar-refractivity contribution >= 4 is 23.5 Å². The second-order valence-corrected chi connectivity index (χ2v) is 6.92. The number of hydrogen-bond donors (Lipinski definition) is 0. The van der Waals surface area contributed by atoms with Crippen molar-refractivity contribution in [2.75, 3.05) is 13.7 Å². The van der Waals surface area contributed by atoms with Gasteiger partial charge in [0.25, 0.3) is 0 Å². The first-order chi connectivity index (χ1) is 10.1. The maximum absolute atomic E-state index is 12.6. The fraction of sp³-hybridized carbons (Fsp3) is 0.529. The maximum atomic E-state index is 12.6. The van der Waals surface area contributed by atoms with Gasteiger partial charge in [-0.1, -0.05) is 51.4 Å². The van der Waals surface area contributed by atoms with Crippen LogP contribution in [0.3, 0.4) is 0 Å². The molecule has 22 heavy (non-hydrogen) atoms. The van der Waals surface area contributed by atoms with Crippen LogP contribution in [0.1, 0.15) is 33.3 Å². The van der Waals surface area contributed by atoms with Crippen LogP contribution in [0.15, 0.2) is 24.3 Å². The lowest BCUT2D eigenvalue weighted by Crippen LogP contribution is -2.42. The van der Waals surface area contributed by atoms with E-state index in [0.29, 0.717) is 18.1 Å². The number of rotatable bonds is 5. The Kier molecular flexibility index (Phi) is 6.42. The summed E-state index contributed by atoms with van der Waals surface area (Å²) in [6, 6.07) is 7.35. The number of esters is 1. The Morgan fingerprint density at radius 3 is 2.23 bits per heavy atom. The largest absolute Gasteiger partial charge is 0.469 e. The van der Waals surface area contributed by atoms with Crippen LogP contribution < -0.4 is 0 Å². The average molecular weight is 326 g/mol. The van der Waals surface area contributed by atoms with E-state index in [2.05, 4.69) is 0 Å². The van der Waals surface area contributed by atoms with Crippen LogP contribution in [0, 0.1) is 11.3 Å². The molecule has 0 saturated heterocycles. The SMILES string of the molecule is COC(=O)C(C)CN(Cc1ccc(Cl)cc1)C(=O)C(C)(C)C. The zero-order valence-electron chi connectivity index (χ0n) is 13.9. The van der Waals surface area contributed by atoms with Gasteiger partial charge in [0.2, 0.25) is 5.91 Å². The number of methoxy groups -OCH3 is 1. The molecule has 1 unspecified atom stereocenters. The lowest BCUT2D eigenvalue weighted by Gasteiger charge is -2.31. The molecule has 0 saturated carbocycles. The fourth-order valence-corrected chi connectivity index (χ4v) is 2.24. The molecule has 0 bridgehead atoms. The van der Waals surface area contributed by atoms with E-state index in [1.807, 2.05) is 32.9 Å². The van der Waals surface area contributed by atoms with Gasteiger partial charge in [-0.3, -0.25) is 9.59 Å². The summed E-state index contributed by atoms with van der Waals surface area (Å²) < 4.78 is 4.75. The molecule has 1 rings (SSSR count). The van der Waals surface area contributed by atoms with Crippen LogP contribution in [0.2, 0.25) is 5.02 Å². The molecule has 0 radical (unpaired) electrons. The lowest BCUT2D eigenvalue weighted by molar-refractivity contribution is -0.148. The topological polar surface area (TPSA) is 46.6 Å². The van der Waals surface area contributed by atoms with E-state index in [0.717, 1.165) is 5.56 Å². The highest BCUT2D eigenvalue weighted by Crippen LogP contribution is 2.21. The van der Waals surface area contributed by atoms with Gasteiger partial charge < -0.3 is 9.64 Å². The van der Waals surface area contributed by atoms with Crippen LogP contribution >= 0.6 is 11.6 Å². The van der Waals surface area contributed by atoms with E-state index in [9.17, 15) is 9.59 Å². The van der Waals surface area contributed by atoms with E-state index >= 15 is 0 Å². The molecule has 4 nitrogen and oxygen atoms in total. The van der Waals surface area contributed by atoms with Gasteiger partial charge in [-0.2, -0.15) is 0 Å². The first kappa shape index (κ1) is 18.5. The Bertz CT molecular complexity index is 520. The van der Waals surface area contributed by atoms with E-state index in [1.165, 1.54) is 7.11 Å². The van der Waals surface area contributed by atoms with Crippen LogP contribution in [0.5, 0.6) is 0 Å². The first-order valence-corrected chi connectivity index (χ1v) is 7.64. The zero-order valence-corrected chi connectivity index (χ0v) is 14.6. The van der Waals surface area contributed by atoms with Crippen LogP contribution in [0.25, 0.3) is 0 Å². The smallest absolute Gasteiger partial charge is 0.310 e. The molecule has 0 aliphatic heterocycles. The molecule has 1 amide bonds. The summed E-state index contributed by atoms with van der Waals surface area (Å²) in [4.78, 5) is 26.0. The standard InChI is InChI=1S/C17H24ClNO3/c1-12(15(20)22-5)10-19(16(21)17(2,3)4)11-13-6-8-14(18)9-7-13/h6-9,12H,10-11H2,1-5H3. The van der Waals surface area contributed by atoms with E-state index in [1.54, 1.807) is 24.0 Å². The van der Waals surface area contributed by atoms with Crippen LogP contribution in [-0.4, -0.2) is 30.4 Å². The van der Waals surface area contributed by atoms with E-state index in [4.69, 9.17) is 16.3 Å². The molecule has 0 aliphatic rings. The van der Waals surface area contributed by atoms with Gasteiger partial charge in [0, 0.05) is 23.5 Å². The molecule has 0 N–H and O–H groups in total. The van der Waals surface area contributed by atoms with E-state index < -0.39 is 5.41 Å². The summed E-state index contributed by atoms with van der Waals surface area (Å²) in [5.41, 5.74) is 0.460. The summed E-state index contributed by atoms with van der Waals surface area (Å²) in [5, 5.41) is 0.653. The predicted octanol–water partition coefficient (Wildman–Crippen LogP) is 3.52. The van der Waals surface area contributed by atoms with Crippen molar-refractivity contribution in [1.82, 2.24) is 4.90 Å². The number of benzene rings is 1. The summed E-state index contributed by atoms with van der Waals surface area (Å²) in [6.45, 7) is 8.13. The Hall–Kier alpha value is -1.55. The number of nitrogens with zero attached hydrogens (tertiary/aromatic N) is 1. The molecule has 0 aromatic heterocycles. The first-order valence-electron chi connectivity index (χ1n) is 7.26. The predicted molar refractivity (Wildman–Crippen MR) is 87.5 cm³/mol. The normalized spacial score (nSPS) is 12.6. The molecule has 122 valence electrons. The van der Waals surface area contributed by atoms with Gasteiger partial charge in [-0.05, 0) is 17.7 Å². The number of ether oxygens (including phenoxy) is 1. The Morgan fingerprint density at radius 2 is 1.77 bits per heavy atom. The van der Waals surface area contributed by atoms with Gasteiger partial charge in [0.05, 0.1) is 13.0 Å². The zero-order chi connectivity index (χ0) is 16.9. The molecule has 5 heteroatoms. The quantitative estimate of drug-likeness (QED) is 0.778. The van der Waals surface area contributed by atoms with Gasteiger partial charge in [0.15, 0.2) is 0 Å². The van der Waals surface area contributed by atoms with Gasteiger partial charge in [-0.15, -0.1) is 0 Å². The lowest BCUT2D eigenvalue weighted by atomic mass is 9.94. The van der Waals surface area contributed by atoms with Gasteiger partial charge in [-0.25, -0.2) is 0 Å². The minimum absolute atomic E-state index is 0.00166. The van der Waals surface area contributed by atoms with Crippen LogP contribution in [0.4, 0.5) is 0 Å². The molecule has 1 aromatic carbocycles. The van der Waals surface area contributed by atoms with Crippen LogP contribution in [-0.2, 0) is 20.9 Å². The molecule has 0 heterocycles. The molecule has 0 fully saturated rings. The molecule has 1 atom stereocenters. The van der Waals surface area contributed by atoms with Gasteiger partial charge in [0.1, 0.15) is 0 Å². The fourth-order valence-electron chi connectivity index (χ4n) is 2.11. The maximum Gasteiger partial charge on any atom is 0.310 e. The molecule has 0 spiro atoms. The molecular weight excluding hydrogens is 302 g/mol. The Morgan fingerprint density at radius 1 is 1.23 bits per heavy atom. The van der Waals surface area contributed by atoms with Crippen molar-refractivity contribution in [2.24, 2.45) is 11.3 Å². The third kappa shape index (κ3) is 5.34. The monoisotopic (exact) mass is 325 g/mol. The third-order valence-electron chi connectivity index (χ3n) is 3.31. The highest BCUT2D eigenvalue weighted by Gasteiger charge is 2.29. The second kappa shape index (κ2) is 7.63. The van der Waals surface area contributed by atoms with Crippen molar-refractivity contribution in [3.8, 4) is 0 Å². The number of hydrogen-bond acceptors (Lipinski definition) is 3. The van der Waals surface area contributed by atoms with Gasteiger partial charge >= 0.3 is 5.97 Å². The number of carbonyl (C=O) groups is 2. The summed E-state index contributed by atoms with van der Waals surface area (Å²) in [7, 11) is 1.36. The Labute approximate surface area is 137 Å². The molecule has 1 aromatic rings. The van der Waals surface area contributed by atoms with E-state index in [-0.39, 0.29) is 17.8 Å². The summed E-state index contributed by atoms with van der Waals surface area (Å²) in [6.07, 6.45) is 0. The minimum Gasteiger partial charge on any atom is -0.469 e. The minimum atomic E-state index is -0.512. The Balaban J connectivity index is 2.93. The van der Waals surface area contributed by atoms with Crippen molar-refractivity contribution < 1.29 is 14.3 Å². The van der Waals surface area contributed by atoms with Crippen molar-refractivity contribution in [3.63, 3.8) is 0 Å². The molecular formula is C17H24ClNO3. The summed E-state index contributed by atoms with van der Waals surface area (Å²) in [5.74, 6) is -0.690. The number of halogens is 1. The average Bonchev–Trinajstić information content (AvgIpc) is 2.46. The second-order valence-electron chi connectivity index (χ2n) is 6.49. The van der Waals surface area contributed by atoms with Crippen molar-refractivity contribution in [1.29, 1.82) is 0 Å².